The van der Waals surface area contributed by atoms with Gasteiger partial charge in [-0.2, -0.15) is 18.4 Å². The van der Waals surface area contributed by atoms with Crippen LogP contribution in [0.25, 0.3) is 0 Å². The van der Waals surface area contributed by atoms with Gasteiger partial charge in [0.2, 0.25) is 0 Å². The van der Waals surface area contributed by atoms with Crippen molar-refractivity contribution >= 4 is 0 Å². The fourth-order valence-electron chi connectivity index (χ4n) is 2.33. The normalized spacial score (nSPS) is 15.0. The lowest BCUT2D eigenvalue weighted by Gasteiger charge is -2.34. The van der Waals surface area contributed by atoms with Gasteiger partial charge in [0.25, 0.3) is 0 Å². The van der Waals surface area contributed by atoms with E-state index in [4.69, 9.17) is 0 Å². The van der Waals surface area contributed by atoms with E-state index in [1.54, 1.807) is 30.3 Å². The molecule has 1 aromatic rings. The first kappa shape index (κ1) is 17.5. The summed E-state index contributed by atoms with van der Waals surface area (Å²) in [6.45, 7) is 2.62. The molecule has 0 fully saturated rings. The van der Waals surface area contributed by atoms with Gasteiger partial charge in [0.05, 0.1) is 12.6 Å². The van der Waals surface area contributed by atoms with E-state index in [1.165, 1.54) is 7.05 Å². The summed E-state index contributed by atoms with van der Waals surface area (Å²) in [7, 11) is 1.37. The highest BCUT2D eigenvalue weighted by atomic mass is 19.4. The quantitative estimate of drug-likeness (QED) is 0.878. The number of hydrogen-bond donors (Lipinski definition) is 1. The van der Waals surface area contributed by atoms with Crippen molar-refractivity contribution in [3.05, 3.63) is 35.9 Å². The van der Waals surface area contributed by atoms with Gasteiger partial charge >= 0.3 is 6.18 Å². The number of benzene rings is 1. The third kappa shape index (κ3) is 5.37. The van der Waals surface area contributed by atoms with E-state index in [9.17, 15) is 18.4 Å². The number of rotatable bonds is 6. The molecule has 0 bridgehead atoms. The maximum atomic E-state index is 12.5. The largest absolute Gasteiger partial charge is 0.401 e. The lowest BCUT2D eigenvalue weighted by Crippen LogP contribution is -2.53. The average molecular weight is 299 g/mol. The summed E-state index contributed by atoms with van der Waals surface area (Å²) >= 11 is 0. The first-order chi connectivity index (χ1) is 9.68. The SMILES string of the molecule is CC(C)NC(C#N)(CN(C)CC(F)(F)F)c1ccccc1. The van der Waals surface area contributed by atoms with E-state index < -0.39 is 18.3 Å². The molecule has 0 aliphatic rings. The lowest BCUT2D eigenvalue weighted by atomic mass is 9.90. The first-order valence-electron chi connectivity index (χ1n) is 6.68. The van der Waals surface area contributed by atoms with Gasteiger partial charge in [-0.1, -0.05) is 30.3 Å². The Bertz CT molecular complexity index is 479. The van der Waals surface area contributed by atoms with Crippen molar-refractivity contribution in [2.24, 2.45) is 0 Å². The molecule has 0 amide bonds. The minimum atomic E-state index is -4.29. The fraction of sp³-hybridized carbons (Fsp3) is 0.533. The van der Waals surface area contributed by atoms with Crippen LogP contribution in [0.2, 0.25) is 0 Å². The summed E-state index contributed by atoms with van der Waals surface area (Å²) in [5.41, 5.74) is -0.509. The predicted molar refractivity (Wildman–Crippen MR) is 75.6 cm³/mol. The monoisotopic (exact) mass is 299 g/mol. The van der Waals surface area contributed by atoms with Crippen LogP contribution in [0.15, 0.2) is 30.3 Å². The molecule has 6 heteroatoms. The van der Waals surface area contributed by atoms with Crippen molar-refractivity contribution in [3.63, 3.8) is 0 Å². The molecule has 1 aromatic carbocycles. The van der Waals surface area contributed by atoms with Crippen molar-refractivity contribution in [2.45, 2.75) is 31.6 Å². The molecule has 0 spiro atoms. The molecule has 0 radical (unpaired) electrons. The Morgan fingerprint density at radius 1 is 1.19 bits per heavy atom. The van der Waals surface area contributed by atoms with Crippen LogP contribution in [0.4, 0.5) is 13.2 Å². The van der Waals surface area contributed by atoms with Crippen LogP contribution in [0, 0.1) is 11.3 Å². The molecule has 1 unspecified atom stereocenters. The minimum absolute atomic E-state index is 0.0378. The maximum absolute atomic E-state index is 12.5. The van der Waals surface area contributed by atoms with Gasteiger partial charge in [-0.3, -0.25) is 10.2 Å². The van der Waals surface area contributed by atoms with Crippen LogP contribution in [0.5, 0.6) is 0 Å². The Balaban J connectivity index is 3.06. The zero-order valence-electron chi connectivity index (χ0n) is 12.4. The number of hydrogen-bond acceptors (Lipinski definition) is 3. The van der Waals surface area contributed by atoms with E-state index >= 15 is 0 Å². The Labute approximate surface area is 123 Å². The first-order valence-corrected chi connectivity index (χ1v) is 6.68. The van der Waals surface area contributed by atoms with Gasteiger partial charge in [0.1, 0.15) is 5.54 Å². The lowest BCUT2D eigenvalue weighted by molar-refractivity contribution is -0.144. The molecule has 3 nitrogen and oxygen atoms in total. The summed E-state index contributed by atoms with van der Waals surface area (Å²) < 4.78 is 37.5. The Morgan fingerprint density at radius 3 is 2.19 bits per heavy atom. The Morgan fingerprint density at radius 2 is 1.76 bits per heavy atom. The number of likely N-dealkylation sites (N-methyl/N-ethyl adjacent to an activating group) is 1. The summed E-state index contributed by atoms with van der Waals surface area (Å²) in [5.74, 6) is 0. The summed E-state index contributed by atoms with van der Waals surface area (Å²) in [6.07, 6.45) is -4.29. The van der Waals surface area contributed by atoms with E-state index in [0.29, 0.717) is 5.56 Å². The van der Waals surface area contributed by atoms with Gasteiger partial charge in [-0.05, 0) is 26.5 Å². The third-order valence-corrected chi connectivity index (χ3v) is 2.95. The minimum Gasteiger partial charge on any atom is -0.295 e. The number of nitriles is 1. The second-order valence-electron chi connectivity index (χ2n) is 5.47. The van der Waals surface area contributed by atoms with Crippen LogP contribution < -0.4 is 5.32 Å². The number of nitrogens with zero attached hydrogens (tertiary/aromatic N) is 2. The third-order valence-electron chi connectivity index (χ3n) is 2.95. The molecule has 0 heterocycles. The molecule has 0 saturated heterocycles. The summed E-state index contributed by atoms with van der Waals surface area (Å²) in [6, 6.07) is 11.0. The van der Waals surface area contributed by atoms with Gasteiger partial charge in [-0.15, -0.1) is 0 Å². The van der Waals surface area contributed by atoms with Gasteiger partial charge in [-0.25, -0.2) is 0 Å². The van der Waals surface area contributed by atoms with Crippen LogP contribution >= 0.6 is 0 Å². The highest BCUT2D eigenvalue weighted by Gasteiger charge is 2.37. The van der Waals surface area contributed by atoms with Crippen molar-refractivity contribution in [3.8, 4) is 6.07 Å². The average Bonchev–Trinajstić information content (AvgIpc) is 2.36. The zero-order valence-corrected chi connectivity index (χ0v) is 12.4. The highest BCUT2D eigenvalue weighted by molar-refractivity contribution is 5.32. The van der Waals surface area contributed by atoms with E-state index in [1.807, 2.05) is 13.8 Å². The molecule has 0 aromatic heterocycles. The zero-order chi connectivity index (χ0) is 16.1. The molecular formula is C15H20F3N3. The van der Waals surface area contributed by atoms with E-state index in [2.05, 4.69) is 11.4 Å². The number of halogens is 3. The highest BCUT2D eigenvalue weighted by Crippen LogP contribution is 2.24. The molecule has 116 valence electrons. The van der Waals surface area contributed by atoms with Crippen molar-refractivity contribution in [1.82, 2.24) is 10.2 Å². The standard InChI is InChI=1S/C15H20F3N3/c1-12(2)20-14(9-19,13-7-5-4-6-8-13)10-21(3)11-15(16,17)18/h4-8,12,20H,10-11H2,1-3H3. The number of alkyl halides is 3. The number of nitrogens with one attached hydrogen (secondary N) is 1. The molecule has 21 heavy (non-hydrogen) atoms. The Kier molecular flexibility index (Phi) is 5.76. The molecule has 0 aliphatic heterocycles. The molecule has 1 rings (SSSR count). The predicted octanol–water partition coefficient (Wildman–Crippen LogP) is 2.90. The Hall–Kier alpha value is -1.58. The van der Waals surface area contributed by atoms with Crippen LogP contribution in [-0.4, -0.2) is 37.3 Å². The topological polar surface area (TPSA) is 39.1 Å². The summed E-state index contributed by atoms with van der Waals surface area (Å²) in [4.78, 5) is 1.12. The molecule has 1 atom stereocenters. The van der Waals surface area contributed by atoms with Crippen LogP contribution in [0.3, 0.4) is 0 Å². The van der Waals surface area contributed by atoms with Gasteiger partial charge in [0.15, 0.2) is 0 Å². The molecule has 1 N–H and O–H groups in total. The van der Waals surface area contributed by atoms with Crippen LogP contribution in [-0.2, 0) is 5.54 Å². The summed E-state index contributed by atoms with van der Waals surface area (Å²) in [5, 5.41) is 12.7. The fourth-order valence-corrected chi connectivity index (χ4v) is 2.33. The van der Waals surface area contributed by atoms with E-state index in [-0.39, 0.29) is 12.6 Å². The van der Waals surface area contributed by atoms with E-state index in [0.717, 1.165) is 4.90 Å². The second kappa shape index (κ2) is 6.92. The molecule has 0 saturated carbocycles. The molecule has 0 aliphatic carbocycles. The van der Waals surface area contributed by atoms with Crippen molar-refractivity contribution < 1.29 is 13.2 Å². The van der Waals surface area contributed by atoms with Crippen molar-refractivity contribution in [1.29, 1.82) is 5.26 Å². The van der Waals surface area contributed by atoms with Crippen LogP contribution in [0.1, 0.15) is 19.4 Å². The van der Waals surface area contributed by atoms with Gasteiger partial charge in [0, 0.05) is 12.6 Å². The van der Waals surface area contributed by atoms with Crippen molar-refractivity contribution in [2.75, 3.05) is 20.1 Å². The molecular weight excluding hydrogens is 279 g/mol. The maximum Gasteiger partial charge on any atom is 0.401 e. The van der Waals surface area contributed by atoms with Gasteiger partial charge < -0.3 is 0 Å². The second-order valence-corrected chi connectivity index (χ2v) is 5.47. The smallest absolute Gasteiger partial charge is 0.295 e.